The van der Waals surface area contributed by atoms with E-state index in [2.05, 4.69) is 11.3 Å². The van der Waals surface area contributed by atoms with Gasteiger partial charge >= 0.3 is 5.97 Å². The molecule has 0 fully saturated rings. The molecule has 1 unspecified atom stereocenters. The number of carbonyl (C=O) groups is 2. The molecule has 0 heterocycles. The second-order valence-corrected chi connectivity index (χ2v) is 5.16. The quantitative estimate of drug-likeness (QED) is 0.281. The number of ether oxygens (including phenoxy) is 1. The summed E-state index contributed by atoms with van der Waals surface area (Å²) in [5.41, 5.74) is 0. The van der Waals surface area contributed by atoms with Crippen molar-refractivity contribution in [1.82, 2.24) is 0 Å². The van der Waals surface area contributed by atoms with E-state index in [0.29, 0.717) is 19.0 Å². The monoisotopic (exact) mass is 284 g/mol. The van der Waals surface area contributed by atoms with Gasteiger partial charge in [0.15, 0.2) is 0 Å². The van der Waals surface area contributed by atoms with Gasteiger partial charge < -0.3 is 9.84 Å². The summed E-state index contributed by atoms with van der Waals surface area (Å²) in [4.78, 5) is 20.3. The van der Waals surface area contributed by atoms with Gasteiger partial charge in [0.25, 0.3) is 6.47 Å². The number of carbonyl (C=O) groups excluding carboxylic acids is 1. The Hall–Kier alpha value is -1.32. The molecule has 0 aromatic rings. The highest BCUT2D eigenvalue weighted by Gasteiger charge is 2.04. The van der Waals surface area contributed by atoms with Crippen molar-refractivity contribution in [2.45, 2.75) is 64.2 Å². The Kier molecular flexibility index (Phi) is 13.2. The number of hydrogen-bond donors (Lipinski definition) is 1. The van der Waals surface area contributed by atoms with Crippen LogP contribution in [0.3, 0.4) is 0 Å². The molecule has 0 aromatic heterocycles. The van der Waals surface area contributed by atoms with E-state index in [9.17, 15) is 9.59 Å². The lowest BCUT2D eigenvalue weighted by Crippen LogP contribution is -1.98. The van der Waals surface area contributed by atoms with Crippen LogP contribution in [0, 0.1) is 5.92 Å². The van der Waals surface area contributed by atoms with Gasteiger partial charge in [0.05, 0.1) is 6.61 Å². The van der Waals surface area contributed by atoms with E-state index in [4.69, 9.17) is 5.11 Å². The number of hydrogen-bond acceptors (Lipinski definition) is 3. The number of unbranched alkanes of at least 4 members (excludes halogenated alkanes) is 5. The first-order chi connectivity index (χ1) is 9.70. The van der Waals surface area contributed by atoms with Crippen LogP contribution in [0.25, 0.3) is 0 Å². The van der Waals surface area contributed by atoms with Gasteiger partial charge in [-0.15, -0.1) is 6.58 Å². The Bertz CT molecular complexity index is 263. The molecule has 0 saturated carbocycles. The lowest BCUT2D eigenvalue weighted by molar-refractivity contribution is -0.137. The summed E-state index contributed by atoms with van der Waals surface area (Å²) in [6.45, 7) is 4.90. The first-order valence-corrected chi connectivity index (χ1v) is 7.60. The maximum atomic E-state index is 10.4. The summed E-state index contributed by atoms with van der Waals surface area (Å²) < 4.78 is 4.64. The number of carboxylic acids is 1. The Morgan fingerprint density at radius 1 is 1.05 bits per heavy atom. The van der Waals surface area contributed by atoms with Gasteiger partial charge in [-0.05, 0) is 31.6 Å². The average Bonchev–Trinajstić information content (AvgIpc) is 2.43. The fourth-order valence-corrected chi connectivity index (χ4v) is 2.23. The van der Waals surface area contributed by atoms with Crippen LogP contribution in [-0.4, -0.2) is 24.2 Å². The SMILES string of the molecule is C=CC(CCCCCCC(=O)O)CCCCCOC=O. The molecule has 0 bridgehead atoms. The smallest absolute Gasteiger partial charge is 0.303 e. The normalized spacial score (nSPS) is 11.8. The van der Waals surface area contributed by atoms with E-state index >= 15 is 0 Å². The molecule has 4 nitrogen and oxygen atoms in total. The van der Waals surface area contributed by atoms with Gasteiger partial charge in [-0.3, -0.25) is 9.59 Å². The van der Waals surface area contributed by atoms with Crippen molar-refractivity contribution >= 4 is 12.4 Å². The zero-order valence-electron chi connectivity index (χ0n) is 12.4. The Labute approximate surface area is 122 Å². The van der Waals surface area contributed by atoms with Crippen LogP contribution >= 0.6 is 0 Å². The molecule has 1 atom stereocenters. The molecule has 0 saturated heterocycles. The largest absolute Gasteiger partial charge is 0.481 e. The summed E-state index contributed by atoms with van der Waals surface area (Å²) >= 11 is 0. The van der Waals surface area contributed by atoms with E-state index < -0.39 is 5.97 Å². The molecule has 20 heavy (non-hydrogen) atoms. The molecule has 0 aromatic carbocycles. The fourth-order valence-electron chi connectivity index (χ4n) is 2.23. The lowest BCUT2D eigenvalue weighted by atomic mass is 9.95. The molecule has 0 spiro atoms. The lowest BCUT2D eigenvalue weighted by Gasteiger charge is -2.12. The number of aliphatic carboxylic acids is 1. The van der Waals surface area contributed by atoms with E-state index in [1.807, 2.05) is 6.08 Å². The van der Waals surface area contributed by atoms with Gasteiger partial charge in [-0.2, -0.15) is 0 Å². The third-order valence-corrected chi connectivity index (χ3v) is 3.45. The highest BCUT2D eigenvalue weighted by atomic mass is 16.5. The Morgan fingerprint density at radius 2 is 1.65 bits per heavy atom. The molecular formula is C16H28O4. The standard InChI is InChI=1S/C16H28O4/c1-2-15(11-7-5-9-13-20-14-17)10-6-3-4-8-12-16(18)19/h2,14-15H,1,3-13H2,(H,18,19). The predicted octanol–water partition coefficient (Wildman–Crippen LogP) is 3.95. The van der Waals surface area contributed by atoms with E-state index in [-0.39, 0.29) is 6.42 Å². The summed E-state index contributed by atoms with van der Waals surface area (Å²) in [7, 11) is 0. The molecule has 4 heteroatoms. The average molecular weight is 284 g/mol. The summed E-state index contributed by atoms with van der Waals surface area (Å²) in [5.74, 6) is -0.144. The van der Waals surface area contributed by atoms with Gasteiger partial charge in [0.2, 0.25) is 0 Å². The molecule has 0 rings (SSSR count). The van der Waals surface area contributed by atoms with Gasteiger partial charge in [0, 0.05) is 6.42 Å². The van der Waals surface area contributed by atoms with E-state index in [0.717, 1.165) is 57.8 Å². The van der Waals surface area contributed by atoms with Crippen molar-refractivity contribution in [2.75, 3.05) is 6.61 Å². The van der Waals surface area contributed by atoms with E-state index in [1.165, 1.54) is 0 Å². The van der Waals surface area contributed by atoms with Crippen LogP contribution in [0.5, 0.6) is 0 Å². The van der Waals surface area contributed by atoms with E-state index in [1.54, 1.807) is 0 Å². The zero-order chi connectivity index (χ0) is 15.1. The van der Waals surface area contributed by atoms with Crippen molar-refractivity contribution in [3.8, 4) is 0 Å². The minimum absolute atomic E-state index is 0.285. The van der Waals surface area contributed by atoms with Gasteiger partial charge in [-0.1, -0.05) is 38.2 Å². The summed E-state index contributed by atoms with van der Waals surface area (Å²) in [6.07, 6.45) is 11.8. The molecule has 0 radical (unpaired) electrons. The van der Waals surface area contributed by atoms with Crippen LogP contribution in [0.2, 0.25) is 0 Å². The van der Waals surface area contributed by atoms with Crippen molar-refractivity contribution in [3.05, 3.63) is 12.7 Å². The van der Waals surface area contributed by atoms with Crippen LogP contribution in [0.1, 0.15) is 64.2 Å². The highest BCUT2D eigenvalue weighted by molar-refractivity contribution is 5.66. The number of rotatable bonds is 15. The summed E-state index contributed by atoms with van der Waals surface area (Å²) in [5, 5.41) is 8.53. The fraction of sp³-hybridized carbons (Fsp3) is 0.750. The first kappa shape index (κ1) is 18.7. The molecule has 0 amide bonds. The predicted molar refractivity (Wildman–Crippen MR) is 79.5 cm³/mol. The molecular weight excluding hydrogens is 256 g/mol. The molecule has 0 aliphatic heterocycles. The van der Waals surface area contributed by atoms with Crippen molar-refractivity contribution in [1.29, 1.82) is 0 Å². The van der Waals surface area contributed by atoms with Crippen LogP contribution in [-0.2, 0) is 14.3 Å². The van der Waals surface area contributed by atoms with Crippen LogP contribution in [0.15, 0.2) is 12.7 Å². The highest BCUT2D eigenvalue weighted by Crippen LogP contribution is 2.18. The second-order valence-electron chi connectivity index (χ2n) is 5.16. The minimum Gasteiger partial charge on any atom is -0.481 e. The third-order valence-electron chi connectivity index (χ3n) is 3.45. The van der Waals surface area contributed by atoms with Crippen LogP contribution in [0.4, 0.5) is 0 Å². The van der Waals surface area contributed by atoms with Crippen molar-refractivity contribution in [2.24, 2.45) is 5.92 Å². The molecule has 1 N–H and O–H groups in total. The molecule has 116 valence electrons. The van der Waals surface area contributed by atoms with Gasteiger partial charge in [-0.25, -0.2) is 0 Å². The van der Waals surface area contributed by atoms with Crippen molar-refractivity contribution in [3.63, 3.8) is 0 Å². The zero-order valence-corrected chi connectivity index (χ0v) is 12.4. The maximum Gasteiger partial charge on any atom is 0.303 e. The Balaban J connectivity index is 3.40. The third kappa shape index (κ3) is 13.1. The number of allylic oxidation sites excluding steroid dienone is 1. The second kappa shape index (κ2) is 14.1. The maximum absolute atomic E-state index is 10.4. The summed E-state index contributed by atoms with van der Waals surface area (Å²) in [6, 6.07) is 0. The van der Waals surface area contributed by atoms with Gasteiger partial charge in [0.1, 0.15) is 0 Å². The number of carboxylic acid groups (broad SMARTS) is 1. The Morgan fingerprint density at radius 3 is 2.20 bits per heavy atom. The van der Waals surface area contributed by atoms with Crippen LogP contribution < -0.4 is 0 Å². The minimum atomic E-state index is -0.701. The molecule has 0 aliphatic rings. The molecule has 0 aliphatic carbocycles. The first-order valence-electron chi connectivity index (χ1n) is 7.60. The topological polar surface area (TPSA) is 63.6 Å². The van der Waals surface area contributed by atoms with Crippen molar-refractivity contribution < 1.29 is 19.4 Å².